The monoisotopic (exact) mass is 241 g/mol. The smallest absolute Gasteiger partial charge is 0.119 e. The van der Waals surface area contributed by atoms with E-state index in [1.165, 1.54) is 0 Å². The van der Waals surface area contributed by atoms with Crippen LogP contribution >= 0.6 is 11.6 Å². The zero-order valence-electron chi connectivity index (χ0n) is 9.95. The molecule has 2 nitrogen and oxygen atoms in total. The fourth-order valence-corrected chi connectivity index (χ4v) is 1.68. The van der Waals surface area contributed by atoms with E-state index in [1.54, 1.807) is 0 Å². The molecule has 90 valence electrons. The Labute approximate surface area is 103 Å². The highest BCUT2D eigenvalue weighted by atomic mass is 35.5. The summed E-state index contributed by atoms with van der Waals surface area (Å²) in [6.45, 7) is 4.89. The number of nitrogens with two attached hydrogens (primary N) is 1. The van der Waals surface area contributed by atoms with Crippen molar-refractivity contribution in [2.24, 2.45) is 11.7 Å². The van der Waals surface area contributed by atoms with Crippen molar-refractivity contribution in [2.45, 2.75) is 32.7 Å². The maximum Gasteiger partial charge on any atom is 0.119 e. The Morgan fingerprint density at radius 2 is 1.94 bits per heavy atom. The molecule has 0 aliphatic carbocycles. The standard InChI is InChI=1S/C13H20ClNO/c1-3-4-10(2)13(15)9-16-12-7-5-11(14)6-8-12/h5-8,10,13H,3-4,9,15H2,1-2H3. The molecule has 0 fully saturated rings. The third kappa shape index (κ3) is 4.42. The van der Waals surface area contributed by atoms with Gasteiger partial charge in [-0.05, 0) is 36.6 Å². The van der Waals surface area contributed by atoms with Crippen molar-refractivity contribution in [2.75, 3.05) is 6.61 Å². The Morgan fingerprint density at radius 1 is 1.31 bits per heavy atom. The quantitative estimate of drug-likeness (QED) is 0.828. The van der Waals surface area contributed by atoms with E-state index in [9.17, 15) is 0 Å². The molecule has 1 rings (SSSR count). The normalized spacial score (nSPS) is 14.5. The number of halogens is 1. The van der Waals surface area contributed by atoms with Gasteiger partial charge in [0.1, 0.15) is 12.4 Å². The Hall–Kier alpha value is -0.730. The first-order valence-corrected chi connectivity index (χ1v) is 6.15. The van der Waals surface area contributed by atoms with Crippen LogP contribution in [0.2, 0.25) is 5.02 Å². The lowest BCUT2D eigenvalue weighted by molar-refractivity contribution is 0.247. The lowest BCUT2D eigenvalue weighted by Crippen LogP contribution is -2.34. The van der Waals surface area contributed by atoms with Gasteiger partial charge in [-0.25, -0.2) is 0 Å². The van der Waals surface area contributed by atoms with Gasteiger partial charge in [-0.1, -0.05) is 31.9 Å². The van der Waals surface area contributed by atoms with Crippen molar-refractivity contribution in [1.29, 1.82) is 0 Å². The minimum atomic E-state index is 0.0932. The molecule has 2 N–H and O–H groups in total. The van der Waals surface area contributed by atoms with Gasteiger partial charge in [-0.15, -0.1) is 0 Å². The van der Waals surface area contributed by atoms with Crippen LogP contribution in [0.5, 0.6) is 5.75 Å². The van der Waals surface area contributed by atoms with E-state index < -0.39 is 0 Å². The van der Waals surface area contributed by atoms with Crippen LogP contribution in [-0.2, 0) is 0 Å². The van der Waals surface area contributed by atoms with Crippen LogP contribution in [0, 0.1) is 5.92 Å². The molecule has 2 atom stereocenters. The molecule has 0 aromatic heterocycles. The summed E-state index contributed by atoms with van der Waals surface area (Å²) in [5.41, 5.74) is 6.03. The summed E-state index contributed by atoms with van der Waals surface area (Å²) < 4.78 is 5.61. The average molecular weight is 242 g/mol. The first kappa shape index (κ1) is 13.3. The van der Waals surface area contributed by atoms with Gasteiger partial charge < -0.3 is 10.5 Å². The Bertz CT molecular complexity index is 299. The van der Waals surface area contributed by atoms with Gasteiger partial charge >= 0.3 is 0 Å². The molecular formula is C13H20ClNO. The summed E-state index contributed by atoms with van der Waals surface area (Å²) in [6, 6.07) is 7.45. The average Bonchev–Trinajstić information content (AvgIpc) is 2.28. The van der Waals surface area contributed by atoms with E-state index in [-0.39, 0.29) is 6.04 Å². The summed E-state index contributed by atoms with van der Waals surface area (Å²) in [6.07, 6.45) is 2.31. The first-order valence-electron chi connectivity index (χ1n) is 5.77. The van der Waals surface area contributed by atoms with Crippen molar-refractivity contribution in [3.05, 3.63) is 29.3 Å². The molecule has 0 aliphatic heterocycles. The molecule has 0 amide bonds. The van der Waals surface area contributed by atoms with Gasteiger partial charge in [0.2, 0.25) is 0 Å². The van der Waals surface area contributed by atoms with Crippen LogP contribution in [0.1, 0.15) is 26.7 Å². The van der Waals surface area contributed by atoms with E-state index in [4.69, 9.17) is 22.1 Å². The largest absolute Gasteiger partial charge is 0.492 e. The first-order chi connectivity index (χ1) is 7.63. The highest BCUT2D eigenvalue weighted by molar-refractivity contribution is 6.30. The molecule has 0 saturated heterocycles. The molecule has 0 bridgehead atoms. The van der Waals surface area contributed by atoms with Gasteiger partial charge in [0.25, 0.3) is 0 Å². The van der Waals surface area contributed by atoms with Crippen LogP contribution in [0.15, 0.2) is 24.3 Å². The summed E-state index contributed by atoms with van der Waals surface area (Å²) >= 11 is 5.79. The van der Waals surface area contributed by atoms with E-state index in [1.807, 2.05) is 24.3 Å². The molecule has 0 aliphatic rings. The minimum Gasteiger partial charge on any atom is -0.492 e. The van der Waals surface area contributed by atoms with E-state index in [0.717, 1.165) is 23.6 Å². The second kappa shape index (κ2) is 6.77. The van der Waals surface area contributed by atoms with Crippen LogP contribution in [-0.4, -0.2) is 12.6 Å². The maximum atomic E-state index is 6.03. The minimum absolute atomic E-state index is 0.0932. The second-order valence-corrected chi connectivity index (χ2v) is 4.63. The van der Waals surface area contributed by atoms with Gasteiger partial charge in [0, 0.05) is 11.1 Å². The number of benzene rings is 1. The van der Waals surface area contributed by atoms with E-state index in [2.05, 4.69) is 13.8 Å². The zero-order chi connectivity index (χ0) is 12.0. The molecule has 0 heterocycles. The Balaban J connectivity index is 2.36. The Kier molecular flexibility index (Phi) is 5.64. The molecule has 1 aromatic carbocycles. The van der Waals surface area contributed by atoms with Gasteiger partial charge in [-0.2, -0.15) is 0 Å². The topological polar surface area (TPSA) is 35.2 Å². The summed E-state index contributed by atoms with van der Waals surface area (Å²) in [5, 5.41) is 0.719. The third-order valence-electron chi connectivity index (χ3n) is 2.73. The highest BCUT2D eigenvalue weighted by Gasteiger charge is 2.12. The highest BCUT2D eigenvalue weighted by Crippen LogP contribution is 2.16. The Morgan fingerprint density at radius 3 is 2.50 bits per heavy atom. The molecule has 3 heteroatoms. The predicted molar refractivity (Wildman–Crippen MR) is 69.0 cm³/mol. The zero-order valence-corrected chi connectivity index (χ0v) is 10.7. The van der Waals surface area contributed by atoms with Crippen LogP contribution in [0.4, 0.5) is 0 Å². The predicted octanol–water partition coefficient (Wildman–Crippen LogP) is 3.48. The van der Waals surface area contributed by atoms with Crippen molar-refractivity contribution < 1.29 is 4.74 Å². The van der Waals surface area contributed by atoms with Crippen LogP contribution in [0.25, 0.3) is 0 Å². The van der Waals surface area contributed by atoms with Gasteiger partial charge in [0.05, 0.1) is 0 Å². The summed E-state index contributed by atoms with van der Waals surface area (Å²) in [7, 11) is 0. The number of rotatable bonds is 6. The molecule has 16 heavy (non-hydrogen) atoms. The molecule has 2 unspecified atom stereocenters. The number of hydrogen-bond donors (Lipinski definition) is 1. The second-order valence-electron chi connectivity index (χ2n) is 4.19. The van der Waals surface area contributed by atoms with Crippen molar-refractivity contribution in [3.63, 3.8) is 0 Å². The van der Waals surface area contributed by atoms with E-state index >= 15 is 0 Å². The van der Waals surface area contributed by atoms with Crippen LogP contribution in [0.3, 0.4) is 0 Å². The van der Waals surface area contributed by atoms with Crippen LogP contribution < -0.4 is 10.5 Å². The lowest BCUT2D eigenvalue weighted by Gasteiger charge is -2.19. The molecule has 0 saturated carbocycles. The SMILES string of the molecule is CCCC(C)C(N)COc1ccc(Cl)cc1. The fraction of sp³-hybridized carbons (Fsp3) is 0.538. The number of hydrogen-bond acceptors (Lipinski definition) is 2. The molecular weight excluding hydrogens is 222 g/mol. The van der Waals surface area contributed by atoms with Crippen molar-refractivity contribution in [1.82, 2.24) is 0 Å². The molecule has 0 radical (unpaired) electrons. The number of ether oxygens (including phenoxy) is 1. The lowest BCUT2D eigenvalue weighted by atomic mass is 9.98. The molecule has 0 spiro atoms. The summed E-state index contributed by atoms with van der Waals surface area (Å²) in [4.78, 5) is 0. The van der Waals surface area contributed by atoms with Crippen molar-refractivity contribution >= 4 is 11.6 Å². The maximum absolute atomic E-state index is 6.03. The van der Waals surface area contributed by atoms with E-state index in [0.29, 0.717) is 12.5 Å². The van der Waals surface area contributed by atoms with Gasteiger partial charge in [0.15, 0.2) is 0 Å². The fourth-order valence-electron chi connectivity index (χ4n) is 1.56. The summed E-state index contributed by atoms with van der Waals surface area (Å²) in [5.74, 6) is 1.32. The molecule has 1 aromatic rings. The van der Waals surface area contributed by atoms with Gasteiger partial charge in [-0.3, -0.25) is 0 Å². The van der Waals surface area contributed by atoms with Crippen molar-refractivity contribution in [3.8, 4) is 5.75 Å². The third-order valence-corrected chi connectivity index (χ3v) is 2.98.